The smallest absolute Gasteiger partial charge is 0.247 e. The Labute approximate surface area is 132 Å². The minimum Gasteiger partial charge on any atom is -0.419 e. The molecular formula is C15H17N5OS. The number of H-pyrrole nitrogens is 1. The molecule has 22 heavy (non-hydrogen) atoms. The summed E-state index contributed by atoms with van der Waals surface area (Å²) in [5, 5.41) is 16.1. The first-order chi connectivity index (χ1) is 10.6. The van der Waals surface area contributed by atoms with Gasteiger partial charge in [0, 0.05) is 11.5 Å². The van der Waals surface area contributed by atoms with Gasteiger partial charge in [0.05, 0.1) is 5.25 Å². The zero-order valence-electron chi connectivity index (χ0n) is 12.6. The van der Waals surface area contributed by atoms with E-state index < -0.39 is 0 Å². The van der Waals surface area contributed by atoms with Crippen LogP contribution < -0.4 is 0 Å². The summed E-state index contributed by atoms with van der Waals surface area (Å²) in [6, 6.07) is 9.73. The van der Waals surface area contributed by atoms with E-state index in [1.807, 2.05) is 37.3 Å². The summed E-state index contributed by atoms with van der Waals surface area (Å²) < 4.78 is 5.75. The van der Waals surface area contributed by atoms with Gasteiger partial charge in [0.25, 0.3) is 0 Å². The fourth-order valence-corrected chi connectivity index (χ4v) is 2.64. The maximum atomic E-state index is 5.75. The van der Waals surface area contributed by atoms with Gasteiger partial charge < -0.3 is 4.42 Å². The molecule has 1 aromatic carbocycles. The molecule has 0 unspecified atom stereocenters. The number of thioether (sulfide) groups is 1. The molecule has 1 N–H and O–H groups in total. The van der Waals surface area contributed by atoms with Gasteiger partial charge in [0.2, 0.25) is 16.9 Å². The van der Waals surface area contributed by atoms with Crippen molar-refractivity contribution in [3.63, 3.8) is 0 Å². The topological polar surface area (TPSA) is 80.5 Å². The van der Waals surface area contributed by atoms with Gasteiger partial charge in [-0.15, -0.1) is 15.3 Å². The normalized spacial score (nSPS) is 12.7. The SMILES string of the molecule is CC(C)c1nc(S[C@@H](C)c2nnc(-c3ccccc3)o2)n[nH]1. The Morgan fingerprint density at radius 1 is 1.09 bits per heavy atom. The van der Waals surface area contributed by atoms with E-state index >= 15 is 0 Å². The molecule has 3 rings (SSSR count). The van der Waals surface area contributed by atoms with Crippen molar-refractivity contribution in [3.05, 3.63) is 42.0 Å². The van der Waals surface area contributed by atoms with E-state index in [4.69, 9.17) is 4.42 Å². The van der Waals surface area contributed by atoms with Crippen LogP contribution in [0.1, 0.15) is 43.7 Å². The van der Waals surface area contributed by atoms with Crippen LogP contribution in [-0.4, -0.2) is 25.4 Å². The van der Waals surface area contributed by atoms with Crippen molar-refractivity contribution >= 4 is 11.8 Å². The second-order valence-electron chi connectivity index (χ2n) is 5.23. The van der Waals surface area contributed by atoms with E-state index in [1.165, 1.54) is 11.8 Å². The lowest BCUT2D eigenvalue weighted by atomic mass is 10.2. The van der Waals surface area contributed by atoms with E-state index in [0.29, 0.717) is 22.9 Å². The standard InChI is InChI=1S/C15H17N5OS/c1-9(2)12-16-15(20-17-12)22-10(3)13-18-19-14(21-13)11-7-5-4-6-8-11/h4-10H,1-3H3,(H,16,17,20)/t10-/m0/s1. The number of hydrogen-bond acceptors (Lipinski definition) is 6. The molecule has 0 aliphatic carbocycles. The lowest BCUT2D eigenvalue weighted by Gasteiger charge is -2.02. The average Bonchev–Trinajstić information content (AvgIpc) is 3.17. The van der Waals surface area contributed by atoms with Crippen LogP contribution in [0.2, 0.25) is 0 Å². The van der Waals surface area contributed by atoms with Gasteiger partial charge in [0.15, 0.2) is 0 Å². The number of benzene rings is 1. The third-order valence-electron chi connectivity index (χ3n) is 3.12. The van der Waals surface area contributed by atoms with Crippen LogP contribution in [0.3, 0.4) is 0 Å². The third kappa shape index (κ3) is 3.19. The maximum Gasteiger partial charge on any atom is 0.247 e. The number of nitrogens with zero attached hydrogens (tertiary/aromatic N) is 4. The minimum atomic E-state index is -0.0132. The molecular weight excluding hydrogens is 298 g/mol. The van der Waals surface area contributed by atoms with Crippen molar-refractivity contribution in [1.82, 2.24) is 25.4 Å². The Morgan fingerprint density at radius 3 is 2.55 bits per heavy atom. The first-order valence-corrected chi connectivity index (χ1v) is 7.99. The monoisotopic (exact) mass is 315 g/mol. The van der Waals surface area contributed by atoms with Crippen LogP contribution in [0, 0.1) is 0 Å². The third-order valence-corrected chi connectivity index (χ3v) is 4.07. The van der Waals surface area contributed by atoms with Gasteiger partial charge in [-0.05, 0) is 19.1 Å². The highest BCUT2D eigenvalue weighted by Gasteiger charge is 2.18. The summed E-state index contributed by atoms with van der Waals surface area (Å²) in [4.78, 5) is 4.45. The molecule has 0 radical (unpaired) electrons. The lowest BCUT2D eigenvalue weighted by Crippen LogP contribution is -1.91. The molecule has 0 aliphatic rings. The highest BCUT2D eigenvalue weighted by molar-refractivity contribution is 7.99. The molecule has 0 amide bonds. The van der Waals surface area contributed by atoms with Crippen molar-refractivity contribution in [1.29, 1.82) is 0 Å². The average molecular weight is 315 g/mol. The first-order valence-electron chi connectivity index (χ1n) is 7.11. The highest BCUT2D eigenvalue weighted by atomic mass is 32.2. The van der Waals surface area contributed by atoms with Gasteiger partial charge in [-0.3, -0.25) is 5.10 Å². The molecule has 114 valence electrons. The zero-order chi connectivity index (χ0) is 15.5. The Bertz CT molecular complexity index is 737. The second-order valence-corrected chi connectivity index (χ2v) is 6.54. The summed E-state index contributed by atoms with van der Waals surface area (Å²) >= 11 is 1.49. The minimum absolute atomic E-state index is 0.0132. The van der Waals surface area contributed by atoms with Crippen molar-refractivity contribution < 1.29 is 4.42 Å². The Balaban J connectivity index is 1.72. The van der Waals surface area contributed by atoms with Gasteiger partial charge in [-0.2, -0.15) is 0 Å². The predicted octanol–water partition coefficient (Wildman–Crippen LogP) is 3.83. The number of aromatic nitrogens is 5. The van der Waals surface area contributed by atoms with Crippen LogP contribution >= 0.6 is 11.8 Å². The molecule has 0 saturated heterocycles. The maximum absolute atomic E-state index is 5.75. The van der Waals surface area contributed by atoms with Crippen LogP contribution in [0.4, 0.5) is 0 Å². The molecule has 2 aromatic heterocycles. The van der Waals surface area contributed by atoms with Gasteiger partial charge in [-0.1, -0.05) is 43.8 Å². The van der Waals surface area contributed by atoms with Crippen LogP contribution in [0.5, 0.6) is 0 Å². The Hall–Kier alpha value is -2.15. The quantitative estimate of drug-likeness (QED) is 0.721. The van der Waals surface area contributed by atoms with Gasteiger partial charge >= 0.3 is 0 Å². The summed E-state index contributed by atoms with van der Waals surface area (Å²) in [6.45, 7) is 6.14. The highest BCUT2D eigenvalue weighted by Crippen LogP contribution is 2.33. The molecule has 2 heterocycles. The summed E-state index contributed by atoms with van der Waals surface area (Å²) in [5.41, 5.74) is 0.915. The van der Waals surface area contributed by atoms with E-state index in [-0.39, 0.29) is 5.25 Å². The largest absolute Gasteiger partial charge is 0.419 e. The molecule has 0 saturated carbocycles. The zero-order valence-corrected chi connectivity index (χ0v) is 13.5. The van der Waals surface area contributed by atoms with E-state index in [1.54, 1.807) is 0 Å². The van der Waals surface area contributed by atoms with Crippen molar-refractivity contribution in [2.45, 2.75) is 37.1 Å². The summed E-state index contributed by atoms with van der Waals surface area (Å²) in [6.07, 6.45) is 0. The molecule has 0 aliphatic heterocycles. The summed E-state index contributed by atoms with van der Waals surface area (Å²) in [7, 11) is 0. The van der Waals surface area contributed by atoms with Gasteiger partial charge in [0.1, 0.15) is 5.82 Å². The van der Waals surface area contributed by atoms with Crippen molar-refractivity contribution in [3.8, 4) is 11.5 Å². The second kappa shape index (κ2) is 6.31. The van der Waals surface area contributed by atoms with Crippen molar-refractivity contribution in [2.24, 2.45) is 0 Å². The predicted molar refractivity (Wildman–Crippen MR) is 84.5 cm³/mol. The van der Waals surface area contributed by atoms with E-state index in [9.17, 15) is 0 Å². The number of aromatic amines is 1. The molecule has 0 fully saturated rings. The fraction of sp³-hybridized carbons (Fsp3) is 0.333. The number of hydrogen-bond donors (Lipinski definition) is 1. The number of rotatable bonds is 5. The van der Waals surface area contributed by atoms with Crippen LogP contribution in [-0.2, 0) is 0 Å². The molecule has 3 aromatic rings. The van der Waals surface area contributed by atoms with E-state index in [0.717, 1.165) is 11.4 Å². The number of nitrogens with one attached hydrogen (secondary N) is 1. The molecule has 7 heteroatoms. The Kier molecular flexibility index (Phi) is 4.24. The molecule has 1 atom stereocenters. The Morgan fingerprint density at radius 2 is 1.86 bits per heavy atom. The molecule has 0 bridgehead atoms. The van der Waals surface area contributed by atoms with Crippen molar-refractivity contribution in [2.75, 3.05) is 0 Å². The van der Waals surface area contributed by atoms with E-state index in [2.05, 4.69) is 39.2 Å². The lowest BCUT2D eigenvalue weighted by molar-refractivity contribution is 0.509. The first kappa shape index (κ1) is 14.8. The fourth-order valence-electron chi connectivity index (χ4n) is 1.87. The summed E-state index contributed by atoms with van der Waals surface area (Å²) in [5.74, 6) is 2.30. The van der Waals surface area contributed by atoms with Crippen LogP contribution in [0.15, 0.2) is 39.9 Å². The van der Waals surface area contributed by atoms with Crippen LogP contribution in [0.25, 0.3) is 11.5 Å². The molecule has 0 spiro atoms. The molecule has 6 nitrogen and oxygen atoms in total. The van der Waals surface area contributed by atoms with Gasteiger partial charge in [-0.25, -0.2) is 4.98 Å².